The summed E-state index contributed by atoms with van der Waals surface area (Å²) < 4.78 is 5.85. The lowest BCUT2D eigenvalue weighted by Crippen LogP contribution is -2.47. The molecule has 5 atom stereocenters. The molecule has 0 spiro atoms. The summed E-state index contributed by atoms with van der Waals surface area (Å²) in [6.07, 6.45) is 1.73. The smallest absolute Gasteiger partial charge is 0.332 e. The highest BCUT2D eigenvalue weighted by Crippen LogP contribution is 2.65. The number of carbonyl (C=O) groups is 1. The molecule has 2 fully saturated rings. The molecule has 1 aromatic rings. The molecule has 27 heavy (non-hydrogen) atoms. The van der Waals surface area contributed by atoms with Crippen LogP contribution in [0.2, 0.25) is 5.02 Å². The van der Waals surface area contributed by atoms with Gasteiger partial charge < -0.3 is 4.74 Å². The Balaban J connectivity index is 1.76. The largest absolute Gasteiger partial charge is 0.454 e. The Morgan fingerprint density at radius 3 is 2.63 bits per heavy atom. The third-order valence-corrected chi connectivity index (χ3v) is 7.54. The molecule has 4 rings (SSSR count). The highest BCUT2D eigenvalue weighted by Gasteiger charge is 2.67. The molecule has 2 aliphatic carbocycles. The summed E-state index contributed by atoms with van der Waals surface area (Å²) in [6.45, 7) is 6.23. The summed E-state index contributed by atoms with van der Waals surface area (Å²) >= 11 is 5.95. The first kappa shape index (κ1) is 18.4. The van der Waals surface area contributed by atoms with Crippen molar-refractivity contribution in [3.63, 3.8) is 0 Å². The van der Waals surface area contributed by atoms with Crippen molar-refractivity contribution in [2.45, 2.75) is 51.7 Å². The van der Waals surface area contributed by atoms with Crippen LogP contribution < -0.4 is 0 Å². The zero-order chi connectivity index (χ0) is 19.6. The number of hydrogen-bond acceptors (Lipinski definition) is 5. The molecule has 0 N–H and O–H groups in total. The van der Waals surface area contributed by atoms with E-state index in [1.54, 1.807) is 24.3 Å². The highest BCUT2D eigenvalue weighted by molar-refractivity contribution is 6.30. The van der Waals surface area contributed by atoms with E-state index in [9.17, 15) is 14.9 Å². The fourth-order valence-corrected chi connectivity index (χ4v) is 5.42. The fourth-order valence-electron chi connectivity index (χ4n) is 5.29. The first-order valence-electron chi connectivity index (χ1n) is 9.31. The molecular weight excluding hydrogens is 368 g/mol. The number of carbonyl (C=O) groups excluding carboxylic acids is 1. The van der Waals surface area contributed by atoms with E-state index in [0.29, 0.717) is 10.6 Å². The van der Waals surface area contributed by atoms with E-state index in [2.05, 4.69) is 20.8 Å². The number of hydrogen-bond donors (Lipinski definition) is 0. The van der Waals surface area contributed by atoms with Crippen molar-refractivity contribution in [1.82, 2.24) is 0 Å². The van der Waals surface area contributed by atoms with Crippen molar-refractivity contribution < 1.29 is 14.5 Å². The van der Waals surface area contributed by atoms with Gasteiger partial charge in [0.05, 0.1) is 11.6 Å². The van der Waals surface area contributed by atoms with Crippen molar-refractivity contribution in [2.75, 3.05) is 6.54 Å². The van der Waals surface area contributed by atoms with Crippen molar-refractivity contribution in [3.8, 4) is 0 Å². The fraction of sp³-hybridized carbons (Fsp3) is 0.600. The molecule has 6 nitrogen and oxygen atoms in total. The molecule has 3 aliphatic rings. The number of ether oxygens (including phenoxy) is 1. The van der Waals surface area contributed by atoms with Crippen molar-refractivity contribution >= 4 is 23.3 Å². The van der Waals surface area contributed by atoms with Crippen LogP contribution in [0.3, 0.4) is 0 Å². The van der Waals surface area contributed by atoms with Gasteiger partial charge in [-0.05, 0) is 36.0 Å². The van der Waals surface area contributed by atoms with Crippen LogP contribution in [-0.4, -0.2) is 35.3 Å². The number of aliphatic imine (C=N–C) groups is 1. The minimum Gasteiger partial charge on any atom is -0.454 e. The number of rotatable bonds is 4. The van der Waals surface area contributed by atoms with Crippen LogP contribution in [0.25, 0.3) is 0 Å². The van der Waals surface area contributed by atoms with Gasteiger partial charge in [-0.15, -0.1) is 0 Å². The highest BCUT2D eigenvalue weighted by atomic mass is 35.5. The van der Waals surface area contributed by atoms with Crippen LogP contribution in [0.1, 0.15) is 45.1 Å². The first-order valence-corrected chi connectivity index (χ1v) is 9.69. The van der Waals surface area contributed by atoms with E-state index in [0.717, 1.165) is 18.6 Å². The van der Waals surface area contributed by atoms with Gasteiger partial charge >= 0.3 is 5.97 Å². The second-order valence-corrected chi connectivity index (χ2v) is 9.13. The summed E-state index contributed by atoms with van der Waals surface area (Å²) in [4.78, 5) is 28.5. The van der Waals surface area contributed by atoms with Gasteiger partial charge in [-0.25, -0.2) is 4.79 Å². The number of nitro groups is 1. The Labute approximate surface area is 163 Å². The molecule has 1 aromatic carbocycles. The molecule has 0 saturated heterocycles. The Morgan fingerprint density at radius 1 is 1.33 bits per heavy atom. The SMILES string of the molecule is CC1(C)[C@@H]2CC[C@@]1(C)C1=N[C@@H]([C@H](C[N+](=O)[O-])c3ccc(Cl)cc3)C(=O)O[C@@H]12. The van der Waals surface area contributed by atoms with Crippen LogP contribution in [0.15, 0.2) is 29.3 Å². The Hall–Kier alpha value is -1.95. The van der Waals surface area contributed by atoms with E-state index in [4.69, 9.17) is 21.3 Å². The molecule has 2 saturated carbocycles. The summed E-state index contributed by atoms with van der Waals surface area (Å²) in [7, 11) is 0. The molecule has 1 heterocycles. The van der Waals surface area contributed by atoms with Gasteiger partial charge in [0.2, 0.25) is 6.54 Å². The third kappa shape index (κ3) is 2.60. The topological polar surface area (TPSA) is 81.8 Å². The van der Waals surface area contributed by atoms with Crippen LogP contribution in [-0.2, 0) is 9.53 Å². The lowest BCUT2D eigenvalue weighted by Gasteiger charge is -2.37. The zero-order valence-corrected chi connectivity index (χ0v) is 16.4. The quantitative estimate of drug-likeness (QED) is 0.443. The predicted octanol–water partition coefficient (Wildman–Crippen LogP) is 3.89. The lowest BCUT2D eigenvalue weighted by atomic mass is 9.70. The standard InChI is InChI=1S/C20H23ClN2O4/c1-19(2)14-8-9-20(19,3)17-16(14)27-18(24)15(22-17)13(10-23(25)26)11-4-6-12(21)7-5-11/h4-7,13-16H,8-10H2,1-3H3/t13-,14-,15+,16-,20+/m1/s1. The van der Waals surface area contributed by atoms with E-state index in [-0.39, 0.29) is 29.4 Å². The number of fused-ring (bicyclic) bond motifs is 5. The van der Waals surface area contributed by atoms with Gasteiger partial charge in [0, 0.05) is 21.3 Å². The predicted molar refractivity (Wildman–Crippen MR) is 102 cm³/mol. The maximum atomic E-state index is 12.8. The van der Waals surface area contributed by atoms with Crippen LogP contribution in [0.5, 0.6) is 0 Å². The third-order valence-electron chi connectivity index (χ3n) is 7.29. The second kappa shape index (κ2) is 6.03. The summed E-state index contributed by atoms with van der Waals surface area (Å²) in [5.41, 5.74) is 1.44. The number of esters is 1. The van der Waals surface area contributed by atoms with E-state index >= 15 is 0 Å². The lowest BCUT2D eigenvalue weighted by molar-refractivity contribution is -0.483. The van der Waals surface area contributed by atoms with E-state index < -0.39 is 22.9 Å². The second-order valence-electron chi connectivity index (χ2n) is 8.69. The minimum atomic E-state index is -0.894. The van der Waals surface area contributed by atoms with Crippen molar-refractivity contribution in [3.05, 3.63) is 45.0 Å². The summed E-state index contributed by atoms with van der Waals surface area (Å²) in [5.74, 6) is -0.878. The average molecular weight is 391 g/mol. The molecule has 0 amide bonds. The maximum absolute atomic E-state index is 12.8. The Kier molecular flexibility index (Phi) is 4.11. The van der Waals surface area contributed by atoms with E-state index in [1.807, 2.05) is 0 Å². The monoisotopic (exact) mass is 390 g/mol. The van der Waals surface area contributed by atoms with Crippen molar-refractivity contribution in [2.24, 2.45) is 21.7 Å². The van der Waals surface area contributed by atoms with Gasteiger partial charge in [0.1, 0.15) is 6.10 Å². The van der Waals surface area contributed by atoms with Gasteiger partial charge in [-0.3, -0.25) is 15.1 Å². The molecule has 2 bridgehead atoms. The molecular formula is C20H23ClN2O4. The summed E-state index contributed by atoms with van der Waals surface area (Å²) in [6, 6.07) is 5.91. The minimum absolute atomic E-state index is 0.00938. The average Bonchev–Trinajstić information content (AvgIpc) is 2.92. The Bertz CT molecular complexity index is 835. The normalized spacial score (nSPS) is 34.6. The molecule has 0 radical (unpaired) electrons. The Morgan fingerprint density at radius 2 is 2.00 bits per heavy atom. The van der Waals surface area contributed by atoms with Gasteiger partial charge in [-0.2, -0.15) is 0 Å². The molecule has 144 valence electrons. The van der Waals surface area contributed by atoms with Crippen LogP contribution >= 0.6 is 11.6 Å². The molecule has 7 heteroatoms. The summed E-state index contributed by atoms with van der Waals surface area (Å²) in [5, 5.41) is 11.8. The van der Waals surface area contributed by atoms with Gasteiger partial charge in [0.15, 0.2) is 6.04 Å². The molecule has 1 aliphatic heterocycles. The van der Waals surface area contributed by atoms with Crippen LogP contribution in [0, 0.1) is 26.9 Å². The van der Waals surface area contributed by atoms with Gasteiger partial charge in [0.25, 0.3) is 0 Å². The molecule has 0 aromatic heterocycles. The number of nitrogens with zero attached hydrogens (tertiary/aromatic N) is 2. The molecule has 0 unspecified atom stereocenters. The van der Waals surface area contributed by atoms with Crippen molar-refractivity contribution in [1.29, 1.82) is 0 Å². The number of benzene rings is 1. The van der Waals surface area contributed by atoms with Crippen LogP contribution in [0.4, 0.5) is 0 Å². The number of halogens is 1. The van der Waals surface area contributed by atoms with Gasteiger partial charge in [-0.1, -0.05) is 44.5 Å². The van der Waals surface area contributed by atoms with E-state index in [1.165, 1.54) is 0 Å². The maximum Gasteiger partial charge on any atom is 0.332 e. The first-order chi connectivity index (χ1) is 12.6. The zero-order valence-electron chi connectivity index (χ0n) is 15.6.